The van der Waals surface area contributed by atoms with E-state index in [1.54, 1.807) is 30.4 Å². The van der Waals surface area contributed by atoms with E-state index >= 15 is 0 Å². The van der Waals surface area contributed by atoms with Gasteiger partial charge in [-0.1, -0.05) is 100 Å². The molecular formula is C32H34O4S4. The van der Waals surface area contributed by atoms with E-state index in [0.717, 1.165) is 38.6 Å². The minimum atomic E-state index is -0.771. The number of rotatable bonds is 11. The normalized spacial score (nSPS) is 22.4. The molecule has 4 atom stereocenters. The highest BCUT2D eigenvalue weighted by Crippen LogP contribution is 2.60. The number of carbonyl (C=O) groups is 4. The highest BCUT2D eigenvalue weighted by atomic mass is 32.2. The largest absolute Gasteiger partial charge is 0.294 e. The second-order valence-electron chi connectivity index (χ2n) is 9.35. The van der Waals surface area contributed by atoms with Crippen LogP contribution in [0.1, 0.15) is 50.7 Å². The molecule has 1 saturated carbocycles. The van der Waals surface area contributed by atoms with E-state index in [1.165, 1.54) is 11.8 Å². The summed E-state index contributed by atoms with van der Waals surface area (Å²) < 4.78 is 0.950. The number of hydrogen-bond donors (Lipinski definition) is 0. The first-order valence-corrected chi connectivity index (χ1v) is 17.6. The quantitative estimate of drug-likeness (QED) is 0.147. The number of hydrogen-bond acceptors (Lipinski definition) is 8. The molecule has 2 bridgehead atoms. The summed E-state index contributed by atoms with van der Waals surface area (Å²) in [7, 11) is 0. The average Bonchev–Trinajstić information content (AvgIpc) is 2.96. The Morgan fingerprint density at radius 3 is 1.73 bits per heavy atom. The van der Waals surface area contributed by atoms with E-state index in [4.69, 9.17) is 0 Å². The Bertz CT molecular complexity index is 1330. The third-order valence-electron chi connectivity index (χ3n) is 7.14. The molecule has 2 aromatic rings. The summed E-state index contributed by atoms with van der Waals surface area (Å²) >= 11 is 5.55. The zero-order valence-electron chi connectivity index (χ0n) is 23.2. The van der Waals surface area contributed by atoms with Crippen LogP contribution in [0.4, 0.5) is 0 Å². The summed E-state index contributed by atoms with van der Waals surface area (Å²) in [5.41, 5.74) is 2.39. The summed E-state index contributed by atoms with van der Waals surface area (Å²) in [5.74, 6) is -0.881. The van der Waals surface area contributed by atoms with Gasteiger partial charge in [0.1, 0.15) is 0 Å². The number of Topliss-reactive ketones (excluding diaryl/α,β-unsaturated/α-hetero) is 3. The lowest BCUT2D eigenvalue weighted by Crippen LogP contribution is -2.49. The maximum absolute atomic E-state index is 14.9. The van der Waals surface area contributed by atoms with Gasteiger partial charge in [-0.3, -0.25) is 19.2 Å². The Hall–Kier alpha value is -2.00. The predicted octanol–water partition coefficient (Wildman–Crippen LogP) is 7.53. The molecule has 0 unspecified atom stereocenters. The lowest BCUT2D eigenvalue weighted by atomic mass is 9.55. The van der Waals surface area contributed by atoms with Gasteiger partial charge in [0.2, 0.25) is 5.78 Å². The molecule has 4 nitrogen and oxygen atoms in total. The Kier molecular flexibility index (Phi) is 11.0. The SMILES string of the molecule is CCSC(=O)C(=O)C1=C(SCC)[C@@H]2C(=O)C(=C(SCC)SCC)[C@@H](c3ccccc3)[C@H](C1=O)[C@H]2c1ccccc1. The highest BCUT2D eigenvalue weighted by molar-refractivity contribution is 8.22. The van der Waals surface area contributed by atoms with Crippen molar-refractivity contribution in [2.45, 2.75) is 39.5 Å². The number of benzene rings is 2. The fraction of sp³-hybridized carbons (Fsp3) is 0.375. The van der Waals surface area contributed by atoms with Crippen molar-refractivity contribution < 1.29 is 19.2 Å². The molecule has 0 heterocycles. The van der Waals surface area contributed by atoms with Crippen LogP contribution in [0.15, 0.2) is 81.0 Å². The zero-order chi connectivity index (χ0) is 28.8. The number of ketones is 3. The summed E-state index contributed by atoms with van der Waals surface area (Å²) in [5, 5.41) is -0.639. The second kappa shape index (κ2) is 14.3. The maximum atomic E-state index is 14.9. The van der Waals surface area contributed by atoms with Crippen molar-refractivity contribution in [3.8, 4) is 0 Å². The Morgan fingerprint density at radius 1 is 0.650 bits per heavy atom. The number of carbonyl (C=O) groups excluding carboxylic acids is 4. The lowest BCUT2D eigenvalue weighted by molar-refractivity contribution is -0.133. The molecule has 0 aromatic heterocycles. The zero-order valence-corrected chi connectivity index (χ0v) is 26.4. The highest BCUT2D eigenvalue weighted by Gasteiger charge is 2.58. The van der Waals surface area contributed by atoms with E-state index in [2.05, 4.69) is 13.8 Å². The third kappa shape index (κ3) is 5.96. The van der Waals surface area contributed by atoms with E-state index in [-0.39, 0.29) is 17.1 Å². The van der Waals surface area contributed by atoms with Crippen molar-refractivity contribution in [1.82, 2.24) is 0 Å². The van der Waals surface area contributed by atoms with Crippen molar-refractivity contribution in [1.29, 1.82) is 0 Å². The van der Waals surface area contributed by atoms with E-state index in [1.807, 2.05) is 67.6 Å². The second-order valence-corrected chi connectivity index (χ2v) is 14.7. The molecule has 0 radical (unpaired) electrons. The van der Waals surface area contributed by atoms with Crippen molar-refractivity contribution in [2.75, 3.05) is 23.0 Å². The molecule has 0 spiro atoms. The van der Waals surface area contributed by atoms with Crippen LogP contribution in [0, 0.1) is 11.8 Å². The number of thioether (sulfide) groups is 4. The topological polar surface area (TPSA) is 68.3 Å². The van der Waals surface area contributed by atoms with Crippen LogP contribution in [0.3, 0.4) is 0 Å². The molecule has 0 saturated heterocycles. The molecule has 0 aliphatic heterocycles. The molecule has 8 heteroatoms. The molecule has 2 aromatic carbocycles. The number of allylic oxidation sites excluding steroid dienone is 3. The Morgan fingerprint density at radius 2 is 1.20 bits per heavy atom. The van der Waals surface area contributed by atoms with Crippen LogP contribution >= 0.6 is 47.0 Å². The van der Waals surface area contributed by atoms with Gasteiger partial charge in [-0.15, -0.1) is 35.3 Å². The molecule has 210 valence electrons. The molecule has 0 amide bonds. The minimum Gasteiger partial charge on any atom is -0.294 e. The van der Waals surface area contributed by atoms with Gasteiger partial charge >= 0.3 is 0 Å². The molecule has 40 heavy (non-hydrogen) atoms. The monoisotopic (exact) mass is 610 g/mol. The van der Waals surface area contributed by atoms with Gasteiger partial charge in [-0.05, 0) is 34.1 Å². The van der Waals surface area contributed by atoms with Crippen LogP contribution < -0.4 is 0 Å². The average molecular weight is 611 g/mol. The van der Waals surface area contributed by atoms with Gasteiger partial charge in [0.15, 0.2) is 11.6 Å². The van der Waals surface area contributed by atoms with Crippen LogP contribution in [0.2, 0.25) is 0 Å². The summed E-state index contributed by atoms with van der Waals surface area (Å²) in [6.45, 7) is 7.88. The maximum Gasteiger partial charge on any atom is 0.260 e. The van der Waals surface area contributed by atoms with Crippen LogP contribution in [-0.4, -0.2) is 45.5 Å². The first-order chi connectivity index (χ1) is 19.4. The van der Waals surface area contributed by atoms with Gasteiger partial charge in [-0.25, -0.2) is 0 Å². The van der Waals surface area contributed by atoms with E-state index in [0.29, 0.717) is 22.0 Å². The molecule has 2 aliphatic rings. The van der Waals surface area contributed by atoms with Gasteiger partial charge in [-0.2, -0.15) is 0 Å². The predicted molar refractivity (Wildman–Crippen MR) is 172 cm³/mol. The third-order valence-corrected chi connectivity index (χ3v) is 11.2. The Balaban J connectivity index is 2.10. The first-order valence-electron chi connectivity index (χ1n) is 13.7. The van der Waals surface area contributed by atoms with Gasteiger partial charge in [0.25, 0.3) is 5.12 Å². The van der Waals surface area contributed by atoms with Gasteiger partial charge in [0, 0.05) is 32.5 Å². The van der Waals surface area contributed by atoms with Crippen molar-refractivity contribution in [2.24, 2.45) is 11.8 Å². The van der Waals surface area contributed by atoms with Crippen LogP contribution in [0.25, 0.3) is 0 Å². The molecular weight excluding hydrogens is 577 g/mol. The standard InChI is InChI=1S/C32H34O4S4/c1-5-37-30-24-21(19-15-11-9-12-16-19)23(27(33)26(30)29(35)31(36)38-6-2)22(20-17-13-10-14-18-20)25(28(24)34)32(39-7-3)40-8-4/h9-18,21-24H,5-8H2,1-4H3/t21-,22+,23-,24+/m1/s1. The molecule has 1 fully saturated rings. The van der Waals surface area contributed by atoms with E-state index in [9.17, 15) is 19.2 Å². The van der Waals surface area contributed by atoms with Crippen molar-refractivity contribution in [3.05, 3.63) is 92.1 Å². The minimum absolute atomic E-state index is 0.0415. The van der Waals surface area contributed by atoms with Gasteiger partial charge < -0.3 is 0 Å². The van der Waals surface area contributed by atoms with Crippen LogP contribution in [-0.2, 0) is 19.2 Å². The van der Waals surface area contributed by atoms with Crippen molar-refractivity contribution in [3.63, 3.8) is 0 Å². The fourth-order valence-electron chi connectivity index (χ4n) is 5.75. The fourth-order valence-corrected chi connectivity index (χ4v) is 9.66. The summed E-state index contributed by atoms with van der Waals surface area (Å²) in [4.78, 5) is 56.6. The van der Waals surface area contributed by atoms with Crippen LogP contribution in [0.5, 0.6) is 0 Å². The Labute approximate surface area is 254 Å². The van der Waals surface area contributed by atoms with Gasteiger partial charge in [0.05, 0.1) is 11.5 Å². The molecule has 0 N–H and O–H groups in total. The first kappa shape index (κ1) is 30.9. The lowest BCUT2D eigenvalue weighted by Gasteiger charge is -2.48. The summed E-state index contributed by atoms with van der Waals surface area (Å²) in [6.07, 6.45) is 0. The number of fused-ring (bicyclic) bond motifs is 2. The van der Waals surface area contributed by atoms with Crippen molar-refractivity contribution >= 4 is 69.5 Å². The smallest absolute Gasteiger partial charge is 0.260 e. The molecule has 4 rings (SSSR count). The summed E-state index contributed by atoms with van der Waals surface area (Å²) in [6, 6.07) is 19.4. The van der Waals surface area contributed by atoms with E-state index < -0.39 is 34.6 Å². The molecule has 2 aliphatic carbocycles.